The van der Waals surface area contributed by atoms with Crippen molar-refractivity contribution in [3.8, 4) is 5.75 Å². The number of nitrogens with zero attached hydrogens (tertiary/aromatic N) is 4. The van der Waals surface area contributed by atoms with Gasteiger partial charge in [-0.2, -0.15) is 0 Å². The van der Waals surface area contributed by atoms with Crippen LogP contribution in [0.1, 0.15) is 52.6 Å². The molecule has 0 saturated carbocycles. The minimum Gasteiger partial charge on any atom is -0.502 e. The minimum atomic E-state index is -0.552. The van der Waals surface area contributed by atoms with Gasteiger partial charge in [-0.25, -0.2) is 0 Å². The number of hydrogen-bond acceptors (Lipinski definition) is 5. The molecule has 4 heterocycles. The molecule has 2 aliphatic heterocycles. The summed E-state index contributed by atoms with van der Waals surface area (Å²) in [5.74, 6) is -0.820. The van der Waals surface area contributed by atoms with Crippen molar-refractivity contribution in [3.63, 3.8) is 0 Å². The second-order valence-electron chi connectivity index (χ2n) is 8.03. The molecule has 158 valence electrons. The Kier molecular flexibility index (Phi) is 4.94. The predicted octanol–water partition coefficient (Wildman–Crippen LogP) is 2.82. The Morgan fingerprint density at radius 2 is 1.81 bits per heavy atom. The maximum Gasteiger partial charge on any atom is 0.277 e. The monoisotopic (exact) mass is 416 g/mol. The number of aryl methyl sites for hydroxylation is 1. The third kappa shape index (κ3) is 3.36. The first-order chi connectivity index (χ1) is 15.1. The summed E-state index contributed by atoms with van der Waals surface area (Å²) in [7, 11) is 0. The van der Waals surface area contributed by atoms with E-state index in [2.05, 4.69) is 18.2 Å². The molecule has 1 amide bonds. The van der Waals surface area contributed by atoms with Crippen LogP contribution in [0.3, 0.4) is 0 Å². The van der Waals surface area contributed by atoms with Crippen LogP contribution in [-0.4, -0.2) is 38.8 Å². The molecule has 5 rings (SSSR count). The smallest absolute Gasteiger partial charge is 0.277 e. The SMILES string of the molecule is O=C1c2c(O)c(=O)ccn2N2CN1CCCCCc1ncccc1[C@@H]2c1ccccc1. The third-order valence-corrected chi connectivity index (χ3v) is 6.11. The van der Waals surface area contributed by atoms with Crippen LogP contribution in [0.5, 0.6) is 5.75 Å². The highest BCUT2D eigenvalue weighted by Crippen LogP contribution is 2.34. The fraction of sp³-hybridized carbons (Fsp3) is 0.292. The quantitative estimate of drug-likeness (QED) is 0.660. The highest BCUT2D eigenvalue weighted by molar-refractivity contribution is 5.96. The van der Waals surface area contributed by atoms with Gasteiger partial charge in [-0.15, -0.1) is 0 Å². The minimum absolute atomic E-state index is 0.0179. The lowest BCUT2D eigenvalue weighted by atomic mass is 9.94. The first-order valence-corrected chi connectivity index (χ1v) is 10.6. The van der Waals surface area contributed by atoms with E-state index in [0.29, 0.717) is 13.2 Å². The molecule has 0 aliphatic carbocycles. The topological polar surface area (TPSA) is 78.7 Å². The van der Waals surface area contributed by atoms with E-state index >= 15 is 0 Å². The van der Waals surface area contributed by atoms with Gasteiger partial charge in [-0.3, -0.25) is 24.3 Å². The molecule has 1 aromatic carbocycles. The first-order valence-electron chi connectivity index (χ1n) is 10.6. The van der Waals surface area contributed by atoms with E-state index < -0.39 is 11.2 Å². The molecule has 7 nitrogen and oxygen atoms in total. The van der Waals surface area contributed by atoms with Crippen LogP contribution in [0.2, 0.25) is 0 Å². The number of aromatic nitrogens is 2. The maximum atomic E-state index is 13.2. The molecule has 3 aromatic rings. The van der Waals surface area contributed by atoms with Gasteiger partial charge in [-0.1, -0.05) is 42.8 Å². The average molecular weight is 416 g/mol. The number of amides is 1. The largest absolute Gasteiger partial charge is 0.502 e. The number of carbonyl (C=O) groups is 1. The third-order valence-electron chi connectivity index (χ3n) is 6.11. The number of carbonyl (C=O) groups excluding carboxylic acids is 1. The van der Waals surface area contributed by atoms with E-state index in [0.717, 1.165) is 42.5 Å². The first kappa shape index (κ1) is 19.4. The van der Waals surface area contributed by atoms with Crippen LogP contribution >= 0.6 is 0 Å². The predicted molar refractivity (Wildman–Crippen MR) is 117 cm³/mol. The van der Waals surface area contributed by atoms with Gasteiger partial charge in [0, 0.05) is 36.3 Å². The van der Waals surface area contributed by atoms with Gasteiger partial charge in [0.2, 0.25) is 5.43 Å². The lowest BCUT2D eigenvalue weighted by molar-refractivity contribution is 0.0677. The Balaban J connectivity index is 1.78. The Hall–Kier alpha value is -3.61. The zero-order valence-corrected chi connectivity index (χ0v) is 17.1. The summed E-state index contributed by atoms with van der Waals surface area (Å²) >= 11 is 0. The lowest BCUT2D eigenvalue weighted by Gasteiger charge is -2.44. The molecule has 2 aliphatic rings. The van der Waals surface area contributed by atoms with Crippen LogP contribution in [0.25, 0.3) is 0 Å². The standard InChI is InChI=1S/C24H24N4O3/c29-20-12-15-27-22(23(20)30)24(31)26-14-6-2-5-11-19-18(10-7-13-25-19)21(28(27)16-26)17-8-3-1-4-9-17/h1,3-4,7-10,12-13,15,21,30H,2,5-6,11,14,16H2/t21-/m0/s1. The van der Waals surface area contributed by atoms with E-state index in [9.17, 15) is 14.7 Å². The number of benzene rings is 1. The molecule has 31 heavy (non-hydrogen) atoms. The normalized spacial score (nSPS) is 18.7. The Labute approximate surface area is 180 Å². The Morgan fingerprint density at radius 3 is 2.65 bits per heavy atom. The summed E-state index contributed by atoms with van der Waals surface area (Å²) < 4.78 is 1.64. The highest BCUT2D eigenvalue weighted by Gasteiger charge is 2.37. The van der Waals surface area contributed by atoms with Crippen molar-refractivity contribution >= 4 is 5.91 Å². The van der Waals surface area contributed by atoms with E-state index in [1.165, 1.54) is 6.07 Å². The van der Waals surface area contributed by atoms with Crippen LogP contribution in [0.15, 0.2) is 65.7 Å². The van der Waals surface area contributed by atoms with Gasteiger partial charge < -0.3 is 10.0 Å². The van der Waals surface area contributed by atoms with Crippen molar-refractivity contribution in [3.05, 3.63) is 93.7 Å². The van der Waals surface area contributed by atoms with Gasteiger partial charge in [0.25, 0.3) is 5.91 Å². The molecule has 1 N–H and O–H groups in total. The number of aromatic hydroxyl groups is 1. The number of hydrogen-bond donors (Lipinski definition) is 1. The molecule has 0 saturated heterocycles. The molecule has 2 aromatic heterocycles. The number of rotatable bonds is 1. The molecule has 0 unspecified atom stereocenters. The van der Waals surface area contributed by atoms with Crippen molar-refractivity contribution in [2.24, 2.45) is 0 Å². The molecule has 0 radical (unpaired) electrons. The van der Waals surface area contributed by atoms with E-state index in [1.807, 2.05) is 35.5 Å². The van der Waals surface area contributed by atoms with Crippen molar-refractivity contribution in [1.29, 1.82) is 0 Å². The van der Waals surface area contributed by atoms with Crippen LogP contribution < -0.4 is 10.4 Å². The second kappa shape index (κ2) is 7.91. The van der Waals surface area contributed by atoms with Crippen molar-refractivity contribution in [2.45, 2.75) is 31.7 Å². The average Bonchev–Trinajstić information content (AvgIpc) is 2.82. The van der Waals surface area contributed by atoms with Crippen molar-refractivity contribution < 1.29 is 9.90 Å². The summed E-state index contributed by atoms with van der Waals surface area (Å²) in [5.41, 5.74) is 2.62. The molecular weight excluding hydrogens is 392 g/mol. The lowest BCUT2D eigenvalue weighted by Crippen LogP contribution is -2.55. The summed E-state index contributed by atoms with van der Waals surface area (Å²) in [4.78, 5) is 31.8. The van der Waals surface area contributed by atoms with Crippen LogP contribution in [0.4, 0.5) is 0 Å². The summed E-state index contributed by atoms with van der Waals surface area (Å²) in [6, 6.07) is 15.2. The molecular formula is C24H24N4O3. The van der Waals surface area contributed by atoms with Gasteiger partial charge in [-0.05, 0) is 30.9 Å². The maximum absolute atomic E-state index is 13.2. The molecule has 1 atom stereocenters. The fourth-order valence-electron chi connectivity index (χ4n) is 4.59. The Morgan fingerprint density at radius 1 is 0.968 bits per heavy atom. The summed E-state index contributed by atoms with van der Waals surface area (Å²) in [5, 5.41) is 12.6. The van der Waals surface area contributed by atoms with Crippen molar-refractivity contribution in [1.82, 2.24) is 14.6 Å². The van der Waals surface area contributed by atoms with E-state index in [4.69, 9.17) is 4.98 Å². The number of pyridine rings is 2. The van der Waals surface area contributed by atoms with Crippen LogP contribution in [0, 0.1) is 0 Å². The van der Waals surface area contributed by atoms with Gasteiger partial charge >= 0.3 is 0 Å². The zero-order chi connectivity index (χ0) is 21.4. The van der Waals surface area contributed by atoms with Crippen molar-refractivity contribution in [2.75, 3.05) is 18.2 Å². The summed E-state index contributed by atoms with van der Waals surface area (Å²) in [6.45, 7) is 0.922. The van der Waals surface area contributed by atoms with Gasteiger partial charge in [0.05, 0.1) is 6.04 Å². The summed E-state index contributed by atoms with van der Waals surface area (Å²) in [6.07, 6.45) is 7.09. The van der Waals surface area contributed by atoms with Gasteiger partial charge in [0.1, 0.15) is 6.67 Å². The molecule has 0 spiro atoms. The highest BCUT2D eigenvalue weighted by atomic mass is 16.3. The molecule has 0 fully saturated rings. The van der Waals surface area contributed by atoms with E-state index in [1.54, 1.807) is 15.8 Å². The van der Waals surface area contributed by atoms with Gasteiger partial charge in [0.15, 0.2) is 11.4 Å². The molecule has 2 bridgehead atoms. The van der Waals surface area contributed by atoms with Crippen LogP contribution in [-0.2, 0) is 6.42 Å². The van der Waals surface area contributed by atoms with E-state index in [-0.39, 0.29) is 17.6 Å². The Bertz CT molecular complexity index is 1170. The zero-order valence-electron chi connectivity index (χ0n) is 17.1. The fourth-order valence-corrected chi connectivity index (χ4v) is 4.59. The molecule has 7 heteroatoms. The number of fused-ring (bicyclic) bond motifs is 5. The second-order valence-corrected chi connectivity index (χ2v) is 8.03.